The lowest BCUT2D eigenvalue weighted by molar-refractivity contribution is -0.122. The van der Waals surface area contributed by atoms with E-state index in [4.69, 9.17) is 0 Å². The number of thiophene rings is 1. The van der Waals surface area contributed by atoms with Crippen LogP contribution in [0.25, 0.3) is 10.6 Å². The Kier molecular flexibility index (Phi) is 5.65. The van der Waals surface area contributed by atoms with Gasteiger partial charge in [0.15, 0.2) is 11.6 Å². The summed E-state index contributed by atoms with van der Waals surface area (Å²) >= 11 is 1.43. The van der Waals surface area contributed by atoms with Crippen molar-refractivity contribution in [1.82, 2.24) is 15.6 Å². The molecule has 0 saturated heterocycles. The third-order valence-electron chi connectivity index (χ3n) is 4.00. The van der Waals surface area contributed by atoms with Crippen LogP contribution in [0.4, 0.5) is 8.78 Å². The summed E-state index contributed by atoms with van der Waals surface area (Å²) < 4.78 is 26.7. The second-order valence-electron chi connectivity index (χ2n) is 5.79. The van der Waals surface area contributed by atoms with Crippen LogP contribution in [-0.4, -0.2) is 23.8 Å². The smallest absolute Gasteiger partial charge is 0.261 e. The molecule has 2 aromatic heterocycles. The Bertz CT molecular complexity index is 1080. The molecule has 0 fully saturated rings. The highest BCUT2D eigenvalue weighted by Crippen LogP contribution is 2.22. The van der Waals surface area contributed by atoms with Gasteiger partial charge in [0.2, 0.25) is 5.91 Å². The third kappa shape index (κ3) is 3.99. The van der Waals surface area contributed by atoms with Crippen molar-refractivity contribution in [2.75, 3.05) is 7.05 Å². The number of halogens is 2. The minimum atomic E-state index is -1.30. The van der Waals surface area contributed by atoms with Gasteiger partial charge in [0.05, 0.1) is 10.6 Å². The number of hydrogen-bond acceptors (Lipinski definition) is 4. The summed E-state index contributed by atoms with van der Waals surface area (Å²) in [5.74, 6) is -3.70. The Morgan fingerprint density at radius 1 is 1.11 bits per heavy atom. The minimum Gasteiger partial charge on any atom is -0.357 e. The Labute approximate surface area is 162 Å². The number of carbonyl (C=O) groups is 2. The Morgan fingerprint density at radius 3 is 2.50 bits per heavy atom. The van der Waals surface area contributed by atoms with Crippen molar-refractivity contribution in [2.45, 2.75) is 6.04 Å². The van der Waals surface area contributed by atoms with Crippen molar-refractivity contribution in [1.29, 1.82) is 0 Å². The summed E-state index contributed by atoms with van der Waals surface area (Å²) in [4.78, 5) is 40.4. The number of aromatic amines is 1. The molecule has 6 nitrogen and oxygen atoms in total. The summed E-state index contributed by atoms with van der Waals surface area (Å²) in [5.41, 5.74) is -0.251. The SMILES string of the molecule is CNC(=O)C(NC(=O)c1ccc(-c2cccs2)[nH]c1=O)c1ccc(F)c(F)c1. The first-order valence-corrected chi connectivity index (χ1v) is 9.03. The number of rotatable bonds is 5. The van der Waals surface area contributed by atoms with Crippen LogP contribution < -0.4 is 16.2 Å². The molecule has 0 spiro atoms. The highest BCUT2D eigenvalue weighted by molar-refractivity contribution is 7.13. The van der Waals surface area contributed by atoms with Crippen LogP contribution >= 0.6 is 11.3 Å². The van der Waals surface area contributed by atoms with Crippen molar-refractivity contribution in [3.05, 3.63) is 81.0 Å². The largest absolute Gasteiger partial charge is 0.357 e. The maximum atomic E-state index is 13.5. The molecule has 144 valence electrons. The van der Waals surface area contributed by atoms with E-state index in [1.165, 1.54) is 30.5 Å². The molecule has 1 atom stereocenters. The van der Waals surface area contributed by atoms with Gasteiger partial charge in [-0.3, -0.25) is 14.4 Å². The van der Waals surface area contributed by atoms with Crippen LogP contribution in [0.1, 0.15) is 22.0 Å². The molecule has 28 heavy (non-hydrogen) atoms. The molecule has 0 bridgehead atoms. The standard InChI is InChI=1S/C19H15F2N3O3S/c1-22-19(27)16(10-4-6-12(20)13(21)9-10)24-18(26)11-5-7-14(23-17(11)25)15-3-2-8-28-15/h2-9,16H,1H3,(H,22,27)(H,23,25)(H,24,26). The van der Waals surface area contributed by atoms with Gasteiger partial charge in [-0.05, 0) is 41.3 Å². The van der Waals surface area contributed by atoms with Crippen molar-refractivity contribution in [2.24, 2.45) is 0 Å². The van der Waals surface area contributed by atoms with Crippen LogP contribution in [0.15, 0.2) is 52.6 Å². The molecular formula is C19H15F2N3O3S. The molecule has 3 aromatic rings. The number of nitrogens with one attached hydrogen (secondary N) is 3. The summed E-state index contributed by atoms with van der Waals surface area (Å²) in [7, 11) is 1.34. The third-order valence-corrected chi connectivity index (χ3v) is 4.90. The summed E-state index contributed by atoms with van der Waals surface area (Å²) in [6.45, 7) is 0. The predicted octanol–water partition coefficient (Wildman–Crippen LogP) is 2.60. The number of carbonyl (C=O) groups excluding carboxylic acids is 2. The van der Waals surface area contributed by atoms with Gasteiger partial charge in [-0.25, -0.2) is 8.78 Å². The van der Waals surface area contributed by atoms with Gasteiger partial charge in [0, 0.05) is 7.05 Å². The maximum absolute atomic E-state index is 13.5. The van der Waals surface area contributed by atoms with E-state index in [9.17, 15) is 23.2 Å². The van der Waals surface area contributed by atoms with E-state index >= 15 is 0 Å². The molecule has 0 aliphatic carbocycles. The zero-order valence-corrected chi connectivity index (χ0v) is 15.4. The lowest BCUT2D eigenvalue weighted by Gasteiger charge is -2.18. The lowest BCUT2D eigenvalue weighted by Crippen LogP contribution is -2.40. The number of likely N-dealkylation sites (N-methyl/N-ethyl adjacent to an activating group) is 1. The van der Waals surface area contributed by atoms with Crippen LogP contribution in [0.3, 0.4) is 0 Å². The number of hydrogen-bond donors (Lipinski definition) is 3. The highest BCUT2D eigenvalue weighted by atomic mass is 32.1. The normalized spacial score (nSPS) is 11.7. The summed E-state index contributed by atoms with van der Waals surface area (Å²) in [6, 6.07) is 8.13. The fourth-order valence-electron chi connectivity index (χ4n) is 2.57. The quantitative estimate of drug-likeness (QED) is 0.612. The number of benzene rings is 1. The molecule has 2 heterocycles. The first kappa shape index (κ1) is 19.4. The fourth-order valence-corrected chi connectivity index (χ4v) is 3.28. The molecule has 0 aliphatic rings. The molecule has 3 N–H and O–H groups in total. The average Bonchev–Trinajstić information content (AvgIpc) is 3.22. The fraction of sp³-hybridized carbons (Fsp3) is 0.105. The van der Waals surface area contributed by atoms with E-state index < -0.39 is 35.0 Å². The first-order valence-electron chi connectivity index (χ1n) is 8.15. The molecule has 0 saturated carbocycles. The molecular weight excluding hydrogens is 388 g/mol. The number of H-pyrrole nitrogens is 1. The maximum Gasteiger partial charge on any atom is 0.261 e. The first-order chi connectivity index (χ1) is 13.4. The molecule has 0 radical (unpaired) electrons. The van der Waals surface area contributed by atoms with E-state index in [1.54, 1.807) is 6.07 Å². The van der Waals surface area contributed by atoms with E-state index in [-0.39, 0.29) is 11.1 Å². The molecule has 9 heteroatoms. The second kappa shape index (κ2) is 8.13. The van der Waals surface area contributed by atoms with E-state index in [0.717, 1.165) is 17.0 Å². The van der Waals surface area contributed by atoms with Crippen molar-refractivity contribution >= 4 is 23.2 Å². The zero-order valence-electron chi connectivity index (χ0n) is 14.6. The molecule has 1 unspecified atom stereocenters. The van der Waals surface area contributed by atoms with Crippen molar-refractivity contribution in [3.63, 3.8) is 0 Å². The van der Waals surface area contributed by atoms with Crippen molar-refractivity contribution in [3.8, 4) is 10.6 Å². The molecule has 1 aromatic carbocycles. The van der Waals surface area contributed by atoms with Crippen molar-refractivity contribution < 1.29 is 18.4 Å². The van der Waals surface area contributed by atoms with Gasteiger partial charge in [-0.2, -0.15) is 0 Å². The zero-order chi connectivity index (χ0) is 20.3. The monoisotopic (exact) mass is 403 g/mol. The van der Waals surface area contributed by atoms with Crippen LogP contribution in [0.5, 0.6) is 0 Å². The molecule has 2 amide bonds. The second-order valence-corrected chi connectivity index (χ2v) is 6.73. The van der Waals surface area contributed by atoms with Gasteiger partial charge in [0.25, 0.3) is 11.5 Å². The topological polar surface area (TPSA) is 91.1 Å². The van der Waals surface area contributed by atoms with Gasteiger partial charge < -0.3 is 15.6 Å². The van der Waals surface area contributed by atoms with Gasteiger partial charge in [-0.15, -0.1) is 11.3 Å². The Balaban J connectivity index is 1.89. The van der Waals surface area contributed by atoms with E-state index in [2.05, 4.69) is 15.6 Å². The van der Waals surface area contributed by atoms with Gasteiger partial charge in [0.1, 0.15) is 11.6 Å². The Hall–Kier alpha value is -3.33. The number of pyridine rings is 1. The highest BCUT2D eigenvalue weighted by Gasteiger charge is 2.24. The molecule has 3 rings (SSSR count). The Morgan fingerprint density at radius 2 is 1.89 bits per heavy atom. The number of aromatic nitrogens is 1. The number of amides is 2. The summed E-state index contributed by atoms with van der Waals surface area (Å²) in [5, 5.41) is 6.58. The minimum absolute atomic E-state index is 0.0400. The molecule has 0 aliphatic heterocycles. The van der Waals surface area contributed by atoms with Crippen LogP contribution in [0.2, 0.25) is 0 Å². The average molecular weight is 403 g/mol. The lowest BCUT2D eigenvalue weighted by atomic mass is 10.0. The van der Waals surface area contributed by atoms with Gasteiger partial charge in [-0.1, -0.05) is 12.1 Å². The van der Waals surface area contributed by atoms with E-state index in [1.807, 2.05) is 17.5 Å². The van der Waals surface area contributed by atoms with Crippen LogP contribution in [0, 0.1) is 11.6 Å². The van der Waals surface area contributed by atoms with E-state index in [0.29, 0.717) is 5.69 Å². The summed E-state index contributed by atoms with van der Waals surface area (Å²) in [6.07, 6.45) is 0. The van der Waals surface area contributed by atoms with Gasteiger partial charge >= 0.3 is 0 Å². The predicted molar refractivity (Wildman–Crippen MR) is 101 cm³/mol. The van der Waals surface area contributed by atoms with Crippen LogP contribution in [-0.2, 0) is 4.79 Å².